The SMILES string of the molecule is C[C@@H]1C=C(C=O)C[C@@]2([N+](=O)[O-])COc3ccccc3[C@@H]12. The summed E-state index contributed by atoms with van der Waals surface area (Å²) in [4.78, 5) is 22.5. The molecule has 0 aromatic heterocycles. The van der Waals surface area contributed by atoms with Crippen LogP contribution in [0.2, 0.25) is 0 Å². The number of benzene rings is 1. The molecule has 1 heterocycles. The summed E-state index contributed by atoms with van der Waals surface area (Å²) in [5.41, 5.74) is 0.122. The van der Waals surface area contributed by atoms with Crippen molar-refractivity contribution in [2.24, 2.45) is 5.92 Å². The Balaban J connectivity index is 2.18. The zero-order valence-electron chi connectivity index (χ0n) is 11.1. The van der Waals surface area contributed by atoms with E-state index in [4.69, 9.17) is 4.74 Å². The Morgan fingerprint density at radius 1 is 1.45 bits per heavy atom. The van der Waals surface area contributed by atoms with Crippen LogP contribution in [0.25, 0.3) is 0 Å². The topological polar surface area (TPSA) is 69.4 Å². The fourth-order valence-electron chi connectivity index (χ4n) is 3.54. The number of nitrogens with zero attached hydrogens (tertiary/aromatic N) is 1. The fraction of sp³-hybridized carbons (Fsp3) is 0.400. The zero-order chi connectivity index (χ0) is 14.3. The quantitative estimate of drug-likeness (QED) is 0.471. The summed E-state index contributed by atoms with van der Waals surface area (Å²) in [5.74, 6) is 0.385. The Hall–Kier alpha value is -2.17. The number of carbonyl (C=O) groups is 1. The number of hydrogen-bond donors (Lipinski definition) is 0. The summed E-state index contributed by atoms with van der Waals surface area (Å²) in [5, 5.41) is 11.7. The summed E-state index contributed by atoms with van der Waals surface area (Å²) in [6, 6.07) is 7.45. The molecule has 1 aliphatic heterocycles. The Kier molecular flexibility index (Phi) is 2.85. The Bertz CT molecular complexity index is 610. The van der Waals surface area contributed by atoms with E-state index in [1.807, 2.05) is 37.3 Å². The normalized spacial score (nSPS) is 31.4. The highest BCUT2D eigenvalue weighted by atomic mass is 16.6. The Morgan fingerprint density at radius 3 is 2.90 bits per heavy atom. The second-order valence-electron chi connectivity index (χ2n) is 5.56. The van der Waals surface area contributed by atoms with Crippen LogP contribution in [0.3, 0.4) is 0 Å². The molecule has 0 radical (unpaired) electrons. The first kappa shape index (κ1) is 12.8. The van der Waals surface area contributed by atoms with Crippen LogP contribution >= 0.6 is 0 Å². The first-order valence-electron chi connectivity index (χ1n) is 6.60. The van der Waals surface area contributed by atoms with Gasteiger partial charge in [-0.05, 0) is 17.6 Å². The van der Waals surface area contributed by atoms with Crippen LogP contribution in [0.15, 0.2) is 35.9 Å². The number of aldehydes is 1. The second kappa shape index (κ2) is 4.44. The van der Waals surface area contributed by atoms with Crippen LogP contribution in [0.5, 0.6) is 5.75 Å². The van der Waals surface area contributed by atoms with Crippen molar-refractivity contribution in [3.8, 4) is 5.75 Å². The van der Waals surface area contributed by atoms with Crippen molar-refractivity contribution in [3.05, 3.63) is 51.6 Å². The van der Waals surface area contributed by atoms with Crippen molar-refractivity contribution in [1.29, 1.82) is 0 Å². The lowest BCUT2D eigenvalue weighted by Gasteiger charge is -2.42. The van der Waals surface area contributed by atoms with E-state index in [2.05, 4.69) is 0 Å². The maximum absolute atomic E-state index is 11.7. The molecular weight excluding hydrogens is 258 g/mol. The van der Waals surface area contributed by atoms with Gasteiger partial charge in [0.1, 0.15) is 12.0 Å². The van der Waals surface area contributed by atoms with Crippen LogP contribution in [-0.2, 0) is 4.79 Å². The van der Waals surface area contributed by atoms with Gasteiger partial charge in [-0.25, -0.2) is 0 Å². The molecule has 0 amide bonds. The van der Waals surface area contributed by atoms with Crippen molar-refractivity contribution >= 4 is 6.29 Å². The Labute approximate surface area is 116 Å². The van der Waals surface area contributed by atoms with Gasteiger partial charge in [0.25, 0.3) is 5.54 Å². The molecule has 1 aromatic rings. The molecule has 3 atom stereocenters. The molecule has 0 bridgehead atoms. The molecule has 0 N–H and O–H groups in total. The lowest BCUT2D eigenvalue weighted by Crippen LogP contribution is -2.55. The molecule has 0 unspecified atom stereocenters. The molecule has 1 aliphatic carbocycles. The summed E-state index contributed by atoms with van der Waals surface area (Å²) in [6.45, 7) is 1.94. The third-order valence-corrected chi connectivity index (χ3v) is 4.34. The smallest absolute Gasteiger partial charge is 0.266 e. The van der Waals surface area contributed by atoms with Crippen LogP contribution in [0.4, 0.5) is 0 Å². The summed E-state index contributed by atoms with van der Waals surface area (Å²) in [6.07, 6.45) is 2.70. The van der Waals surface area contributed by atoms with E-state index >= 15 is 0 Å². The molecule has 5 heteroatoms. The van der Waals surface area contributed by atoms with Crippen LogP contribution in [-0.4, -0.2) is 23.4 Å². The number of carbonyl (C=O) groups excluding carboxylic acids is 1. The van der Waals surface area contributed by atoms with E-state index in [-0.39, 0.29) is 29.8 Å². The molecule has 5 nitrogen and oxygen atoms in total. The van der Waals surface area contributed by atoms with E-state index in [9.17, 15) is 14.9 Å². The minimum absolute atomic E-state index is 0.0111. The third-order valence-electron chi connectivity index (χ3n) is 4.34. The average molecular weight is 273 g/mol. The van der Waals surface area contributed by atoms with Gasteiger partial charge in [0.05, 0.1) is 12.3 Å². The van der Waals surface area contributed by atoms with Crippen molar-refractivity contribution in [2.75, 3.05) is 6.61 Å². The van der Waals surface area contributed by atoms with Crippen LogP contribution in [0, 0.1) is 16.0 Å². The molecule has 104 valence electrons. The number of allylic oxidation sites excluding steroid dienone is 1. The van der Waals surface area contributed by atoms with Gasteiger partial charge in [-0.1, -0.05) is 31.2 Å². The molecular formula is C15H15NO4. The molecule has 20 heavy (non-hydrogen) atoms. The number of fused-ring (bicyclic) bond motifs is 3. The first-order chi connectivity index (χ1) is 9.58. The number of para-hydroxylation sites is 1. The predicted molar refractivity (Wildman–Crippen MR) is 72.3 cm³/mol. The minimum Gasteiger partial charge on any atom is -0.486 e. The average Bonchev–Trinajstić information content (AvgIpc) is 2.46. The molecule has 0 spiro atoms. The molecule has 0 saturated heterocycles. The van der Waals surface area contributed by atoms with Crippen LogP contribution in [0.1, 0.15) is 24.8 Å². The van der Waals surface area contributed by atoms with E-state index in [0.717, 1.165) is 11.8 Å². The monoisotopic (exact) mass is 273 g/mol. The molecule has 0 saturated carbocycles. The lowest BCUT2D eigenvalue weighted by molar-refractivity contribution is -0.580. The minimum atomic E-state index is -1.24. The lowest BCUT2D eigenvalue weighted by atomic mass is 9.65. The largest absolute Gasteiger partial charge is 0.486 e. The highest BCUT2D eigenvalue weighted by Gasteiger charge is 2.58. The number of rotatable bonds is 2. The van der Waals surface area contributed by atoms with E-state index in [1.165, 1.54) is 0 Å². The van der Waals surface area contributed by atoms with Gasteiger partial charge in [-0.3, -0.25) is 14.9 Å². The summed E-state index contributed by atoms with van der Waals surface area (Å²) in [7, 11) is 0. The number of hydrogen-bond acceptors (Lipinski definition) is 4. The highest BCUT2D eigenvalue weighted by molar-refractivity contribution is 5.74. The van der Waals surface area contributed by atoms with Crippen LogP contribution < -0.4 is 4.74 Å². The van der Waals surface area contributed by atoms with Crippen molar-refractivity contribution in [2.45, 2.75) is 24.8 Å². The van der Waals surface area contributed by atoms with Gasteiger partial charge in [0.2, 0.25) is 0 Å². The third kappa shape index (κ3) is 1.66. The molecule has 0 fully saturated rings. The second-order valence-corrected chi connectivity index (χ2v) is 5.56. The van der Waals surface area contributed by atoms with E-state index in [0.29, 0.717) is 11.3 Å². The van der Waals surface area contributed by atoms with Gasteiger partial charge < -0.3 is 4.74 Å². The maximum atomic E-state index is 11.7. The standard InChI is InChI=1S/C15H15NO4/c1-10-6-11(8-17)7-15(16(18)19)9-20-13-5-3-2-4-12(13)14(10)15/h2-6,8,10,14H,7,9H2,1H3/t10-,14-,15-/m1/s1. The maximum Gasteiger partial charge on any atom is 0.266 e. The van der Waals surface area contributed by atoms with E-state index in [1.54, 1.807) is 0 Å². The van der Waals surface area contributed by atoms with Gasteiger partial charge in [0.15, 0.2) is 6.61 Å². The Morgan fingerprint density at radius 2 is 2.20 bits per heavy atom. The van der Waals surface area contributed by atoms with Crippen molar-refractivity contribution in [3.63, 3.8) is 0 Å². The highest BCUT2D eigenvalue weighted by Crippen LogP contribution is 2.50. The van der Waals surface area contributed by atoms with Gasteiger partial charge in [-0.2, -0.15) is 0 Å². The van der Waals surface area contributed by atoms with Gasteiger partial charge in [-0.15, -0.1) is 0 Å². The van der Waals surface area contributed by atoms with E-state index < -0.39 is 5.54 Å². The first-order valence-corrected chi connectivity index (χ1v) is 6.60. The van der Waals surface area contributed by atoms with Gasteiger partial charge in [0, 0.05) is 10.5 Å². The zero-order valence-corrected chi connectivity index (χ0v) is 11.1. The van der Waals surface area contributed by atoms with Gasteiger partial charge >= 0.3 is 0 Å². The molecule has 3 rings (SSSR count). The predicted octanol–water partition coefficient (Wildman–Crippen LogP) is 2.34. The fourth-order valence-corrected chi connectivity index (χ4v) is 3.54. The van der Waals surface area contributed by atoms with Crippen molar-refractivity contribution in [1.82, 2.24) is 0 Å². The molecule has 1 aromatic carbocycles. The van der Waals surface area contributed by atoms with Crippen molar-refractivity contribution < 1.29 is 14.5 Å². The summed E-state index contributed by atoms with van der Waals surface area (Å²) >= 11 is 0. The molecule has 2 aliphatic rings. The summed E-state index contributed by atoms with van der Waals surface area (Å²) < 4.78 is 5.61. The number of ether oxygens (including phenoxy) is 1. The number of nitro groups is 1.